The minimum absolute atomic E-state index is 0.0990. The van der Waals surface area contributed by atoms with E-state index >= 15 is 0 Å². The molecule has 0 saturated carbocycles. The molecule has 0 aromatic carbocycles. The third kappa shape index (κ3) is 2.88. The summed E-state index contributed by atoms with van der Waals surface area (Å²) in [6.07, 6.45) is -2.29. The lowest BCUT2D eigenvalue weighted by Gasteiger charge is -2.10. The van der Waals surface area contributed by atoms with Gasteiger partial charge < -0.3 is 5.11 Å². The van der Waals surface area contributed by atoms with Crippen LogP contribution in [0.3, 0.4) is 0 Å². The monoisotopic (exact) mass is 260 g/mol. The predicted molar refractivity (Wildman–Crippen MR) is 54.8 cm³/mol. The van der Waals surface area contributed by atoms with Gasteiger partial charge in [-0.3, -0.25) is 9.78 Å². The Morgan fingerprint density at radius 1 is 1.65 bits per heavy atom. The van der Waals surface area contributed by atoms with E-state index in [1.807, 2.05) is 0 Å². The van der Waals surface area contributed by atoms with Crippen molar-refractivity contribution >= 4 is 17.6 Å². The molecule has 1 aromatic rings. The molecule has 90 valence electrons. The highest BCUT2D eigenvalue weighted by atomic mass is 35.5. The molecule has 0 aliphatic carbocycles. The number of halogens is 3. The van der Waals surface area contributed by atoms with Crippen molar-refractivity contribution in [3.8, 4) is 6.07 Å². The van der Waals surface area contributed by atoms with E-state index in [0.717, 1.165) is 6.20 Å². The summed E-state index contributed by atoms with van der Waals surface area (Å²) in [7, 11) is 0. The Hall–Kier alpha value is -1.74. The largest absolute Gasteiger partial charge is 0.481 e. The van der Waals surface area contributed by atoms with E-state index in [-0.39, 0.29) is 22.6 Å². The first-order valence-corrected chi connectivity index (χ1v) is 5.01. The highest BCUT2D eigenvalue weighted by Gasteiger charge is 2.21. The maximum Gasteiger partial charge on any atom is 0.307 e. The van der Waals surface area contributed by atoms with Gasteiger partial charge in [-0.15, -0.1) is 11.6 Å². The molecule has 0 unspecified atom stereocenters. The number of pyridine rings is 1. The lowest BCUT2D eigenvalue weighted by Crippen LogP contribution is -2.08. The van der Waals surface area contributed by atoms with Crippen molar-refractivity contribution in [2.45, 2.75) is 18.7 Å². The van der Waals surface area contributed by atoms with Crippen molar-refractivity contribution in [1.82, 2.24) is 4.98 Å². The summed E-state index contributed by atoms with van der Waals surface area (Å²) in [5.74, 6) is -1.36. The first-order chi connectivity index (χ1) is 8.01. The van der Waals surface area contributed by atoms with Crippen LogP contribution in [0.4, 0.5) is 8.78 Å². The highest BCUT2D eigenvalue weighted by Crippen LogP contribution is 2.26. The van der Waals surface area contributed by atoms with Gasteiger partial charge >= 0.3 is 5.97 Å². The second-order valence-electron chi connectivity index (χ2n) is 3.14. The molecule has 7 heteroatoms. The van der Waals surface area contributed by atoms with Gasteiger partial charge in [0.2, 0.25) is 0 Å². The molecule has 0 fully saturated rings. The molecule has 0 amide bonds. The van der Waals surface area contributed by atoms with Crippen LogP contribution >= 0.6 is 11.6 Å². The van der Waals surface area contributed by atoms with E-state index in [9.17, 15) is 13.6 Å². The first kappa shape index (κ1) is 13.3. The minimum Gasteiger partial charge on any atom is -0.481 e. The third-order valence-electron chi connectivity index (χ3n) is 2.10. The van der Waals surface area contributed by atoms with Gasteiger partial charge in [-0.05, 0) is 11.1 Å². The van der Waals surface area contributed by atoms with Crippen LogP contribution in [0.15, 0.2) is 6.20 Å². The quantitative estimate of drug-likeness (QED) is 0.843. The highest BCUT2D eigenvalue weighted by molar-refractivity contribution is 6.17. The molecular formula is C10H7ClF2N2O2. The number of nitriles is 1. The molecule has 0 aliphatic heterocycles. The number of nitrogens with zero attached hydrogens (tertiary/aromatic N) is 2. The first-order valence-electron chi connectivity index (χ1n) is 4.47. The van der Waals surface area contributed by atoms with Crippen LogP contribution in [0.5, 0.6) is 0 Å². The van der Waals surface area contributed by atoms with E-state index in [1.54, 1.807) is 6.07 Å². The van der Waals surface area contributed by atoms with Gasteiger partial charge in [-0.1, -0.05) is 0 Å². The maximum atomic E-state index is 12.6. The molecule has 4 nitrogen and oxygen atoms in total. The summed E-state index contributed by atoms with van der Waals surface area (Å²) in [6, 6.07) is 1.59. The predicted octanol–water partition coefficient (Wildman–Crippen LogP) is 2.26. The number of aromatic nitrogens is 1. The van der Waals surface area contributed by atoms with Crippen molar-refractivity contribution in [3.05, 3.63) is 28.6 Å². The normalized spacial score (nSPS) is 10.3. The molecule has 1 heterocycles. The number of hydrogen-bond donors (Lipinski definition) is 1. The van der Waals surface area contributed by atoms with Gasteiger partial charge in [0.25, 0.3) is 6.43 Å². The zero-order valence-corrected chi connectivity index (χ0v) is 9.21. The standard InChI is InChI=1S/C10H7ClF2N2O2/c11-2-6-5(1-8(16)17)4-15-9(10(12)13)7(6)3-14/h4,10H,1-2H2,(H,16,17). The summed E-state index contributed by atoms with van der Waals surface area (Å²) < 4.78 is 25.1. The smallest absolute Gasteiger partial charge is 0.307 e. The van der Waals surface area contributed by atoms with Crippen molar-refractivity contribution in [1.29, 1.82) is 5.26 Å². The molecule has 1 aromatic heterocycles. The number of carbonyl (C=O) groups is 1. The van der Waals surface area contributed by atoms with Gasteiger partial charge in [-0.25, -0.2) is 8.78 Å². The lowest BCUT2D eigenvalue weighted by atomic mass is 10.0. The van der Waals surface area contributed by atoms with E-state index in [4.69, 9.17) is 22.0 Å². The van der Waals surface area contributed by atoms with Crippen LogP contribution in [-0.2, 0) is 17.1 Å². The number of alkyl halides is 3. The van der Waals surface area contributed by atoms with Crippen LogP contribution in [0.2, 0.25) is 0 Å². The summed E-state index contributed by atoms with van der Waals surface area (Å²) in [5.41, 5.74) is -0.735. The average Bonchev–Trinajstić information content (AvgIpc) is 2.26. The Morgan fingerprint density at radius 3 is 2.71 bits per heavy atom. The zero-order chi connectivity index (χ0) is 13.0. The van der Waals surface area contributed by atoms with E-state index < -0.39 is 24.5 Å². The Morgan fingerprint density at radius 2 is 2.29 bits per heavy atom. The van der Waals surface area contributed by atoms with E-state index in [1.165, 1.54) is 0 Å². The molecule has 0 radical (unpaired) electrons. The van der Waals surface area contributed by atoms with Crippen molar-refractivity contribution in [2.75, 3.05) is 0 Å². The molecule has 0 aliphatic rings. The fourth-order valence-electron chi connectivity index (χ4n) is 1.36. The SMILES string of the molecule is N#Cc1c(C(F)F)ncc(CC(=O)O)c1CCl. The van der Waals surface area contributed by atoms with Gasteiger partial charge in [0, 0.05) is 12.1 Å². The van der Waals surface area contributed by atoms with Gasteiger partial charge in [0.15, 0.2) is 0 Å². The number of carboxylic acid groups (broad SMARTS) is 1. The summed E-state index contributed by atoms with van der Waals surface area (Å²) in [5, 5.41) is 17.4. The number of carboxylic acids is 1. The molecule has 0 atom stereocenters. The Bertz CT molecular complexity index is 486. The minimum atomic E-state index is -2.90. The molecule has 1 rings (SSSR count). The fraction of sp³-hybridized carbons (Fsp3) is 0.300. The van der Waals surface area contributed by atoms with Crippen molar-refractivity contribution in [3.63, 3.8) is 0 Å². The maximum absolute atomic E-state index is 12.6. The lowest BCUT2D eigenvalue weighted by molar-refractivity contribution is -0.136. The topological polar surface area (TPSA) is 74.0 Å². The van der Waals surface area contributed by atoms with Crippen LogP contribution in [-0.4, -0.2) is 16.1 Å². The van der Waals surface area contributed by atoms with Gasteiger partial charge in [-0.2, -0.15) is 5.26 Å². The summed E-state index contributed by atoms with van der Waals surface area (Å²) in [6.45, 7) is 0. The zero-order valence-electron chi connectivity index (χ0n) is 8.45. The number of hydrogen-bond acceptors (Lipinski definition) is 3. The summed E-state index contributed by atoms with van der Waals surface area (Å²) in [4.78, 5) is 14.0. The van der Waals surface area contributed by atoms with Gasteiger partial charge in [0.1, 0.15) is 11.8 Å². The van der Waals surface area contributed by atoms with E-state index in [2.05, 4.69) is 4.98 Å². The Kier molecular flexibility index (Phi) is 4.35. The van der Waals surface area contributed by atoms with Crippen LogP contribution in [0, 0.1) is 11.3 Å². The van der Waals surface area contributed by atoms with E-state index in [0.29, 0.717) is 0 Å². The second-order valence-corrected chi connectivity index (χ2v) is 3.41. The van der Waals surface area contributed by atoms with Crippen molar-refractivity contribution in [2.24, 2.45) is 0 Å². The molecule has 1 N–H and O–H groups in total. The molecule has 0 bridgehead atoms. The molecule has 0 spiro atoms. The summed E-state index contributed by atoms with van der Waals surface area (Å²) >= 11 is 5.56. The third-order valence-corrected chi connectivity index (χ3v) is 2.37. The van der Waals surface area contributed by atoms with Crippen molar-refractivity contribution < 1.29 is 18.7 Å². The Balaban J connectivity index is 3.38. The van der Waals surface area contributed by atoms with Crippen LogP contribution < -0.4 is 0 Å². The Labute approximate surface area is 100 Å². The van der Waals surface area contributed by atoms with Gasteiger partial charge in [0.05, 0.1) is 12.0 Å². The second kappa shape index (κ2) is 5.55. The number of rotatable bonds is 4. The molecule has 17 heavy (non-hydrogen) atoms. The molecular weight excluding hydrogens is 254 g/mol. The van der Waals surface area contributed by atoms with Crippen LogP contribution in [0.25, 0.3) is 0 Å². The van der Waals surface area contributed by atoms with Crippen LogP contribution in [0.1, 0.15) is 28.8 Å². The molecule has 0 saturated heterocycles. The average molecular weight is 261 g/mol. The fourth-order valence-corrected chi connectivity index (χ4v) is 1.67. The number of aliphatic carboxylic acids is 1.